The van der Waals surface area contributed by atoms with Gasteiger partial charge in [-0.25, -0.2) is 4.79 Å². The molecule has 0 aliphatic rings. The maximum Gasteiger partial charge on any atom is 0.340 e. The maximum atomic E-state index is 12.1. The van der Waals surface area contributed by atoms with Crippen LogP contribution in [0.3, 0.4) is 0 Å². The number of hydrogen-bond donors (Lipinski definition) is 1. The minimum atomic E-state index is -0.385. The highest BCUT2D eigenvalue weighted by Gasteiger charge is 2.13. The first-order valence-corrected chi connectivity index (χ1v) is 8.65. The van der Waals surface area contributed by atoms with Crippen LogP contribution in [-0.4, -0.2) is 34.8 Å². The van der Waals surface area contributed by atoms with Crippen molar-refractivity contribution in [2.24, 2.45) is 0 Å². The second kappa shape index (κ2) is 8.75. The average Bonchev–Trinajstić information content (AvgIpc) is 2.69. The molecule has 1 N–H and O–H groups in total. The predicted octanol–water partition coefficient (Wildman–Crippen LogP) is 3.43. The molecule has 1 heterocycles. The molecule has 7 heteroatoms. The molecule has 0 spiro atoms. The van der Waals surface area contributed by atoms with Gasteiger partial charge in [0.25, 0.3) is 0 Å². The molecule has 1 aromatic heterocycles. The molecule has 27 heavy (non-hydrogen) atoms. The lowest BCUT2D eigenvalue weighted by molar-refractivity contribution is 0.0527. The van der Waals surface area contributed by atoms with Crippen LogP contribution in [-0.2, 0) is 11.3 Å². The summed E-state index contributed by atoms with van der Waals surface area (Å²) in [5.74, 6) is 0.596. The highest BCUT2D eigenvalue weighted by Crippen LogP contribution is 2.21. The van der Waals surface area contributed by atoms with E-state index in [4.69, 9.17) is 4.74 Å². The number of hydrogen-bond acceptors (Lipinski definition) is 7. The Kier molecular flexibility index (Phi) is 5.94. The Balaban J connectivity index is 1.78. The van der Waals surface area contributed by atoms with Crippen molar-refractivity contribution in [3.05, 3.63) is 71.9 Å². The highest BCUT2D eigenvalue weighted by atomic mass is 16.5. The van der Waals surface area contributed by atoms with E-state index in [9.17, 15) is 4.79 Å². The number of para-hydroxylation sites is 1. The van der Waals surface area contributed by atoms with Crippen LogP contribution in [0.2, 0.25) is 0 Å². The van der Waals surface area contributed by atoms with Gasteiger partial charge in [-0.1, -0.05) is 42.5 Å². The lowest BCUT2D eigenvalue weighted by Crippen LogP contribution is -2.20. The van der Waals surface area contributed by atoms with Gasteiger partial charge in [0.1, 0.15) is 0 Å². The third kappa shape index (κ3) is 4.78. The van der Waals surface area contributed by atoms with Gasteiger partial charge in [-0.3, -0.25) is 0 Å². The van der Waals surface area contributed by atoms with E-state index in [1.165, 1.54) is 6.20 Å². The number of carbonyl (C=O) groups excluding carboxylic acids is 1. The van der Waals surface area contributed by atoms with Crippen molar-refractivity contribution in [2.75, 3.05) is 23.9 Å². The molecule has 0 saturated carbocycles. The van der Waals surface area contributed by atoms with Crippen LogP contribution in [0.1, 0.15) is 22.8 Å². The number of carbonyl (C=O) groups is 1. The molecule has 2 aromatic carbocycles. The molecule has 0 aliphatic heterocycles. The van der Waals surface area contributed by atoms with Crippen LogP contribution < -0.4 is 10.2 Å². The summed E-state index contributed by atoms with van der Waals surface area (Å²) < 4.78 is 5.10. The summed E-state index contributed by atoms with van der Waals surface area (Å²) in [6.45, 7) is 2.75. The fraction of sp³-hybridized carbons (Fsp3) is 0.200. The van der Waals surface area contributed by atoms with E-state index in [0.29, 0.717) is 36.2 Å². The largest absolute Gasteiger partial charge is 0.462 e. The van der Waals surface area contributed by atoms with Crippen LogP contribution in [0.4, 0.5) is 17.5 Å². The molecular weight excluding hydrogens is 342 g/mol. The fourth-order valence-electron chi connectivity index (χ4n) is 2.56. The summed E-state index contributed by atoms with van der Waals surface area (Å²) in [6.07, 6.45) is 1.52. The second-order valence-corrected chi connectivity index (χ2v) is 5.87. The number of nitrogens with zero attached hydrogens (tertiary/aromatic N) is 4. The van der Waals surface area contributed by atoms with E-state index in [0.717, 1.165) is 5.56 Å². The first-order valence-electron chi connectivity index (χ1n) is 8.65. The van der Waals surface area contributed by atoms with Crippen molar-refractivity contribution in [1.29, 1.82) is 0 Å². The Hall–Kier alpha value is -3.48. The topological polar surface area (TPSA) is 80.2 Å². The maximum absolute atomic E-state index is 12.1. The van der Waals surface area contributed by atoms with Crippen molar-refractivity contribution >= 4 is 23.4 Å². The first-order chi connectivity index (χ1) is 13.2. The number of rotatable bonds is 7. The van der Waals surface area contributed by atoms with Crippen LogP contribution in [0.15, 0.2) is 60.8 Å². The SMILES string of the molecule is CCOC(=O)c1ccccc1Nc1cnnc(N(C)Cc2ccccc2)n1. The molecule has 0 aliphatic carbocycles. The normalized spacial score (nSPS) is 10.3. The summed E-state index contributed by atoms with van der Waals surface area (Å²) in [6, 6.07) is 17.2. The molecule has 0 amide bonds. The van der Waals surface area contributed by atoms with E-state index in [-0.39, 0.29) is 5.97 Å². The fourth-order valence-corrected chi connectivity index (χ4v) is 2.56. The molecule has 7 nitrogen and oxygen atoms in total. The van der Waals surface area contributed by atoms with Crippen molar-refractivity contribution in [2.45, 2.75) is 13.5 Å². The van der Waals surface area contributed by atoms with Gasteiger partial charge < -0.3 is 15.0 Å². The second-order valence-electron chi connectivity index (χ2n) is 5.87. The zero-order valence-electron chi connectivity index (χ0n) is 15.3. The number of aromatic nitrogens is 3. The summed E-state index contributed by atoms with van der Waals surface area (Å²) in [4.78, 5) is 18.5. The molecule has 3 rings (SSSR count). The first kappa shape index (κ1) is 18.3. The van der Waals surface area contributed by atoms with E-state index >= 15 is 0 Å². The lowest BCUT2D eigenvalue weighted by Gasteiger charge is -2.17. The highest BCUT2D eigenvalue weighted by molar-refractivity contribution is 5.96. The van der Waals surface area contributed by atoms with Crippen molar-refractivity contribution in [3.63, 3.8) is 0 Å². The summed E-state index contributed by atoms with van der Waals surface area (Å²) in [5, 5.41) is 11.2. The standard InChI is InChI=1S/C20H21N5O2/c1-3-27-19(26)16-11-7-8-12-17(16)22-18-13-21-24-20(23-18)25(2)14-15-9-5-4-6-10-15/h4-13H,3,14H2,1-2H3,(H,22,23,24). The summed E-state index contributed by atoms with van der Waals surface area (Å²) >= 11 is 0. The van der Waals surface area contributed by atoms with Crippen LogP contribution in [0.25, 0.3) is 0 Å². The van der Waals surface area contributed by atoms with E-state index < -0.39 is 0 Å². The zero-order valence-corrected chi connectivity index (χ0v) is 15.3. The third-order valence-electron chi connectivity index (χ3n) is 3.84. The molecular formula is C20H21N5O2. The van der Waals surface area contributed by atoms with Crippen LogP contribution >= 0.6 is 0 Å². The Morgan fingerprint density at radius 3 is 2.63 bits per heavy atom. The van der Waals surface area contributed by atoms with Gasteiger partial charge in [-0.2, -0.15) is 10.1 Å². The van der Waals surface area contributed by atoms with Gasteiger partial charge in [0, 0.05) is 13.6 Å². The Labute approximate surface area is 158 Å². The van der Waals surface area contributed by atoms with Crippen LogP contribution in [0, 0.1) is 0 Å². The molecule has 3 aromatic rings. The van der Waals surface area contributed by atoms with Crippen molar-refractivity contribution < 1.29 is 9.53 Å². The lowest BCUT2D eigenvalue weighted by atomic mass is 10.2. The van der Waals surface area contributed by atoms with Gasteiger partial charge >= 0.3 is 5.97 Å². The minimum absolute atomic E-state index is 0.316. The predicted molar refractivity (Wildman–Crippen MR) is 104 cm³/mol. The Morgan fingerprint density at radius 1 is 1.11 bits per heavy atom. The number of benzene rings is 2. The Morgan fingerprint density at radius 2 is 1.85 bits per heavy atom. The summed E-state index contributed by atoms with van der Waals surface area (Å²) in [7, 11) is 1.90. The van der Waals surface area contributed by atoms with E-state index in [1.807, 2.05) is 48.3 Å². The third-order valence-corrected chi connectivity index (χ3v) is 3.84. The smallest absolute Gasteiger partial charge is 0.340 e. The zero-order chi connectivity index (χ0) is 19.1. The average molecular weight is 363 g/mol. The van der Waals surface area contributed by atoms with Gasteiger partial charge in [0.2, 0.25) is 5.95 Å². The van der Waals surface area contributed by atoms with Crippen molar-refractivity contribution in [3.8, 4) is 0 Å². The van der Waals surface area contributed by atoms with Gasteiger partial charge in [-0.15, -0.1) is 5.10 Å². The number of anilines is 3. The molecule has 0 atom stereocenters. The quantitative estimate of drug-likeness (QED) is 0.644. The van der Waals surface area contributed by atoms with E-state index in [2.05, 4.69) is 20.5 Å². The molecule has 138 valence electrons. The Bertz CT molecular complexity index is 902. The van der Waals surface area contributed by atoms with Crippen LogP contribution in [0.5, 0.6) is 0 Å². The minimum Gasteiger partial charge on any atom is -0.462 e. The molecule has 0 saturated heterocycles. The van der Waals surface area contributed by atoms with Gasteiger partial charge in [-0.05, 0) is 24.6 Å². The van der Waals surface area contributed by atoms with Crippen molar-refractivity contribution in [1.82, 2.24) is 15.2 Å². The summed E-state index contributed by atoms with van der Waals surface area (Å²) in [5.41, 5.74) is 2.19. The number of esters is 1. The van der Waals surface area contributed by atoms with Gasteiger partial charge in [0.05, 0.1) is 24.1 Å². The van der Waals surface area contributed by atoms with E-state index in [1.54, 1.807) is 25.1 Å². The molecule has 0 radical (unpaired) electrons. The molecule has 0 fully saturated rings. The monoisotopic (exact) mass is 363 g/mol. The molecule has 0 unspecified atom stereocenters. The van der Waals surface area contributed by atoms with Gasteiger partial charge in [0.15, 0.2) is 5.82 Å². The number of nitrogens with one attached hydrogen (secondary N) is 1. The number of ether oxygens (including phenoxy) is 1. The molecule has 0 bridgehead atoms.